The normalized spacial score (nSPS) is 13.2. The van der Waals surface area contributed by atoms with Gasteiger partial charge in [0.1, 0.15) is 6.54 Å². The highest BCUT2D eigenvalue weighted by atomic mass is 35.5. The number of benzene rings is 3. The number of sulfonamides is 1. The molecule has 33 heavy (non-hydrogen) atoms. The van der Waals surface area contributed by atoms with E-state index in [1.165, 1.54) is 18.2 Å². The second kappa shape index (κ2) is 9.13. The van der Waals surface area contributed by atoms with E-state index in [0.717, 1.165) is 0 Å². The van der Waals surface area contributed by atoms with Gasteiger partial charge in [-0.15, -0.1) is 0 Å². The van der Waals surface area contributed by atoms with Crippen LogP contribution in [0.1, 0.15) is 5.56 Å². The van der Waals surface area contributed by atoms with Crippen LogP contribution in [0.15, 0.2) is 71.6 Å². The number of carbonyl (C=O) groups excluding carboxylic acids is 2. The molecule has 170 valence electrons. The lowest BCUT2D eigenvalue weighted by Gasteiger charge is -2.29. The van der Waals surface area contributed by atoms with Crippen molar-refractivity contribution in [3.8, 4) is 5.75 Å². The summed E-state index contributed by atoms with van der Waals surface area (Å²) < 4.78 is 33.3. The van der Waals surface area contributed by atoms with Crippen molar-refractivity contribution in [2.24, 2.45) is 0 Å². The molecular weight excluding hydrogens is 466 g/mol. The molecule has 10 heteroatoms. The molecule has 4 rings (SSSR count). The van der Waals surface area contributed by atoms with E-state index >= 15 is 0 Å². The highest BCUT2D eigenvalue weighted by molar-refractivity contribution is 7.92. The molecule has 0 bridgehead atoms. The summed E-state index contributed by atoms with van der Waals surface area (Å²) in [5.41, 5.74) is 1.99. The number of amides is 1. The number of ether oxygens (including phenoxy) is 1. The predicted molar refractivity (Wildman–Crippen MR) is 126 cm³/mol. The van der Waals surface area contributed by atoms with Gasteiger partial charge in [0.2, 0.25) is 5.91 Å². The third-order valence-corrected chi connectivity index (χ3v) is 6.57. The van der Waals surface area contributed by atoms with Crippen molar-refractivity contribution < 1.29 is 22.7 Å². The lowest BCUT2D eigenvalue weighted by molar-refractivity contribution is -0.133. The smallest absolute Gasteiger partial charge is 0.331 e. The lowest BCUT2D eigenvalue weighted by atomic mass is 10.2. The van der Waals surface area contributed by atoms with Crippen LogP contribution in [-0.2, 0) is 19.6 Å². The summed E-state index contributed by atoms with van der Waals surface area (Å²) in [7, 11) is -3.91. The number of halogens is 1. The summed E-state index contributed by atoms with van der Waals surface area (Å²) in [6.45, 7) is 1.58. The molecule has 1 aliphatic rings. The van der Waals surface area contributed by atoms with E-state index in [1.54, 1.807) is 60.4 Å². The summed E-state index contributed by atoms with van der Waals surface area (Å²) in [6, 6.07) is 17.7. The number of rotatable bonds is 6. The predicted octanol–water partition coefficient (Wildman–Crippen LogP) is 3.81. The van der Waals surface area contributed by atoms with E-state index < -0.39 is 21.9 Å². The van der Waals surface area contributed by atoms with Gasteiger partial charge in [-0.2, -0.15) is 0 Å². The maximum atomic E-state index is 12.8. The average Bonchev–Trinajstić information content (AvgIpc) is 2.74. The van der Waals surface area contributed by atoms with E-state index in [0.29, 0.717) is 33.4 Å². The maximum Gasteiger partial charge on any atom is 0.331 e. The molecule has 0 unspecified atom stereocenters. The Hall–Kier alpha value is -3.56. The molecule has 0 radical (unpaired) electrons. The van der Waals surface area contributed by atoms with Crippen LogP contribution in [0.5, 0.6) is 5.75 Å². The molecular formula is C23H20ClN3O5S. The van der Waals surface area contributed by atoms with Crippen LogP contribution in [0.25, 0.3) is 0 Å². The third kappa shape index (κ3) is 5.27. The summed E-state index contributed by atoms with van der Waals surface area (Å²) in [6.07, 6.45) is 0. The second-order valence-electron chi connectivity index (χ2n) is 7.44. The first-order chi connectivity index (χ1) is 15.7. The van der Waals surface area contributed by atoms with Gasteiger partial charge in [0.05, 0.1) is 22.8 Å². The topological polar surface area (TPSA) is 105 Å². The van der Waals surface area contributed by atoms with Gasteiger partial charge in [-0.1, -0.05) is 35.9 Å². The monoisotopic (exact) mass is 485 g/mol. The van der Waals surface area contributed by atoms with Gasteiger partial charge in [0.15, 0.2) is 5.75 Å². The van der Waals surface area contributed by atoms with E-state index in [2.05, 4.69) is 10.0 Å². The zero-order valence-electron chi connectivity index (χ0n) is 17.5. The van der Waals surface area contributed by atoms with Gasteiger partial charge in [0.25, 0.3) is 10.0 Å². The minimum atomic E-state index is -3.91. The largest absolute Gasteiger partial charge is 0.423 e. The SMILES string of the molecule is Cc1ccc(S(=O)(=O)Nc2cccc(Cl)c2)cc1NC(=O)CN1CC(=O)Oc2ccccc21. The van der Waals surface area contributed by atoms with Crippen molar-refractivity contribution in [2.75, 3.05) is 28.0 Å². The van der Waals surface area contributed by atoms with E-state index in [4.69, 9.17) is 16.3 Å². The molecule has 1 heterocycles. The average molecular weight is 486 g/mol. The standard InChI is InChI=1S/C23H20ClN3O5S/c1-15-9-10-18(33(30,31)26-17-6-4-5-16(24)11-17)12-19(15)25-22(28)13-27-14-23(29)32-21-8-3-2-7-20(21)27/h2-12,26H,13-14H2,1H3,(H,25,28). The summed E-state index contributed by atoms with van der Waals surface area (Å²) >= 11 is 5.93. The molecule has 0 spiro atoms. The van der Waals surface area contributed by atoms with Crippen LogP contribution in [0.3, 0.4) is 0 Å². The van der Waals surface area contributed by atoms with Crippen molar-refractivity contribution in [1.82, 2.24) is 0 Å². The minimum absolute atomic E-state index is 0.0183. The highest BCUT2D eigenvalue weighted by Crippen LogP contribution is 2.31. The number of carbonyl (C=O) groups is 2. The molecule has 3 aromatic rings. The maximum absolute atomic E-state index is 12.8. The van der Waals surface area contributed by atoms with Gasteiger partial charge < -0.3 is 15.0 Å². The Bertz CT molecular complexity index is 1340. The molecule has 0 saturated carbocycles. The fourth-order valence-electron chi connectivity index (χ4n) is 3.37. The molecule has 3 aromatic carbocycles. The van der Waals surface area contributed by atoms with Crippen molar-refractivity contribution in [3.63, 3.8) is 0 Å². The van der Waals surface area contributed by atoms with Crippen molar-refractivity contribution in [3.05, 3.63) is 77.3 Å². The molecule has 1 amide bonds. The van der Waals surface area contributed by atoms with Crippen LogP contribution in [0.4, 0.5) is 17.1 Å². The quantitative estimate of drug-likeness (QED) is 0.406. The number of fused-ring (bicyclic) bond motifs is 1. The lowest BCUT2D eigenvalue weighted by Crippen LogP contribution is -2.41. The second-order valence-corrected chi connectivity index (χ2v) is 9.56. The number of esters is 1. The zero-order valence-corrected chi connectivity index (χ0v) is 19.1. The van der Waals surface area contributed by atoms with Crippen LogP contribution in [-0.4, -0.2) is 33.4 Å². The van der Waals surface area contributed by atoms with Gasteiger partial charge in [-0.25, -0.2) is 13.2 Å². The van der Waals surface area contributed by atoms with Crippen LogP contribution < -0.4 is 19.7 Å². The molecule has 0 fully saturated rings. The van der Waals surface area contributed by atoms with Gasteiger partial charge in [-0.3, -0.25) is 9.52 Å². The molecule has 1 aliphatic heterocycles. The Labute approximate surface area is 196 Å². The van der Waals surface area contributed by atoms with E-state index in [9.17, 15) is 18.0 Å². The highest BCUT2D eigenvalue weighted by Gasteiger charge is 2.25. The van der Waals surface area contributed by atoms with E-state index in [1.807, 2.05) is 0 Å². The van der Waals surface area contributed by atoms with Crippen molar-refractivity contribution in [2.45, 2.75) is 11.8 Å². The fraction of sp³-hybridized carbons (Fsp3) is 0.130. The first kappa shape index (κ1) is 22.6. The zero-order chi connectivity index (χ0) is 23.6. The first-order valence-corrected chi connectivity index (χ1v) is 11.8. The van der Waals surface area contributed by atoms with Gasteiger partial charge in [0, 0.05) is 10.7 Å². The first-order valence-electron chi connectivity index (χ1n) is 9.95. The number of anilines is 3. The number of nitrogens with zero attached hydrogens (tertiary/aromatic N) is 1. The van der Waals surface area contributed by atoms with Crippen molar-refractivity contribution >= 4 is 50.6 Å². The van der Waals surface area contributed by atoms with Crippen LogP contribution >= 0.6 is 11.6 Å². The fourth-order valence-corrected chi connectivity index (χ4v) is 4.64. The Morgan fingerprint density at radius 1 is 1.09 bits per heavy atom. The number of hydrogen-bond acceptors (Lipinski definition) is 6. The molecule has 2 N–H and O–H groups in total. The molecule has 0 aliphatic carbocycles. The number of para-hydroxylation sites is 2. The Balaban J connectivity index is 1.51. The van der Waals surface area contributed by atoms with Crippen molar-refractivity contribution in [1.29, 1.82) is 0 Å². The summed E-state index contributed by atoms with van der Waals surface area (Å²) in [5, 5.41) is 3.14. The number of hydrogen-bond donors (Lipinski definition) is 2. The minimum Gasteiger partial charge on any atom is -0.423 e. The van der Waals surface area contributed by atoms with Gasteiger partial charge >= 0.3 is 5.97 Å². The van der Waals surface area contributed by atoms with Crippen LogP contribution in [0, 0.1) is 6.92 Å². The Morgan fingerprint density at radius 3 is 2.67 bits per heavy atom. The third-order valence-electron chi connectivity index (χ3n) is 4.95. The molecule has 0 saturated heterocycles. The molecule has 8 nitrogen and oxygen atoms in total. The van der Waals surface area contributed by atoms with E-state index in [-0.39, 0.29) is 18.0 Å². The molecule has 0 atom stereocenters. The summed E-state index contributed by atoms with van der Waals surface area (Å²) in [5.74, 6) is -0.476. The Kier molecular flexibility index (Phi) is 6.26. The Morgan fingerprint density at radius 2 is 1.88 bits per heavy atom. The number of nitrogens with one attached hydrogen (secondary N) is 2. The molecule has 0 aromatic heterocycles. The van der Waals surface area contributed by atoms with Gasteiger partial charge in [-0.05, 0) is 55.0 Å². The number of aryl methyl sites for hydroxylation is 1. The van der Waals surface area contributed by atoms with Crippen LogP contribution in [0.2, 0.25) is 5.02 Å². The summed E-state index contributed by atoms with van der Waals surface area (Å²) in [4.78, 5) is 26.2.